The third-order valence-electron chi connectivity index (χ3n) is 4.64. The first-order valence-electron chi connectivity index (χ1n) is 7.75. The highest BCUT2D eigenvalue weighted by molar-refractivity contribution is 5.42. The number of fused-ring (bicyclic) bond motifs is 2. The topological polar surface area (TPSA) is 63.0 Å². The molecule has 3 aliphatic rings. The number of anilines is 1. The molecular weight excluding hydrogens is 323 g/mol. The van der Waals surface area contributed by atoms with Crippen LogP contribution in [0.2, 0.25) is 0 Å². The lowest BCUT2D eigenvalue weighted by atomic mass is 9.87. The van der Waals surface area contributed by atoms with Crippen LogP contribution in [0.5, 0.6) is 0 Å². The number of hydrogen-bond acceptors (Lipinski definition) is 6. The fourth-order valence-electron chi connectivity index (χ4n) is 3.48. The summed E-state index contributed by atoms with van der Waals surface area (Å²) in [6.45, 7) is 2.91. The third-order valence-corrected chi connectivity index (χ3v) is 4.64. The van der Waals surface area contributed by atoms with Gasteiger partial charge in [0.15, 0.2) is 0 Å². The molecule has 5 heterocycles. The van der Waals surface area contributed by atoms with Crippen LogP contribution >= 0.6 is 0 Å². The molecule has 0 N–H and O–H groups in total. The van der Waals surface area contributed by atoms with E-state index >= 15 is 0 Å². The maximum absolute atomic E-state index is 12.8. The molecule has 10 heteroatoms. The van der Waals surface area contributed by atoms with Crippen LogP contribution in [0.15, 0.2) is 24.8 Å². The molecule has 128 valence electrons. The number of piperazine rings is 1. The quantitative estimate of drug-likeness (QED) is 0.830. The van der Waals surface area contributed by atoms with Crippen LogP contribution in [0.4, 0.5) is 19.0 Å². The standard InChI is InChI=1S/C14H16F3N7/c15-14(16,17)12-6-13(19-9-18-12)22-7-10-5-11(8-22)23(10)3-4-24-20-1-2-21-24/h1-2,6,9-11H,3-5,7-8H2. The second-order valence-corrected chi connectivity index (χ2v) is 6.07. The Morgan fingerprint density at radius 2 is 1.75 bits per heavy atom. The molecule has 0 spiro atoms. The van der Waals surface area contributed by atoms with E-state index in [9.17, 15) is 13.2 Å². The minimum atomic E-state index is -4.45. The zero-order valence-electron chi connectivity index (χ0n) is 12.8. The second kappa shape index (κ2) is 5.69. The molecule has 3 saturated heterocycles. The van der Waals surface area contributed by atoms with E-state index in [-0.39, 0.29) is 0 Å². The van der Waals surface area contributed by atoms with Gasteiger partial charge in [0.25, 0.3) is 0 Å². The van der Waals surface area contributed by atoms with Crippen LogP contribution in [-0.4, -0.2) is 61.6 Å². The highest BCUT2D eigenvalue weighted by atomic mass is 19.4. The molecule has 2 aromatic rings. The van der Waals surface area contributed by atoms with Gasteiger partial charge in [-0.1, -0.05) is 0 Å². The average molecular weight is 339 g/mol. The lowest BCUT2D eigenvalue weighted by Gasteiger charge is -2.56. The van der Waals surface area contributed by atoms with Gasteiger partial charge in [-0.05, 0) is 6.42 Å². The molecule has 2 atom stereocenters. The van der Waals surface area contributed by atoms with Crippen LogP contribution in [0.1, 0.15) is 12.1 Å². The maximum atomic E-state index is 12.8. The molecule has 0 saturated carbocycles. The van der Waals surface area contributed by atoms with Crippen molar-refractivity contribution in [3.63, 3.8) is 0 Å². The molecule has 0 amide bonds. The molecule has 0 aliphatic carbocycles. The Hall–Kier alpha value is -2.23. The number of halogens is 3. The number of aromatic nitrogens is 5. The van der Waals surface area contributed by atoms with Crippen molar-refractivity contribution in [1.82, 2.24) is 29.9 Å². The molecule has 3 aliphatic heterocycles. The van der Waals surface area contributed by atoms with Crippen molar-refractivity contribution >= 4 is 5.82 Å². The van der Waals surface area contributed by atoms with E-state index in [2.05, 4.69) is 25.1 Å². The lowest BCUT2D eigenvalue weighted by molar-refractivity contribution is -0.141. The minimum Gasteiger partial charge on any atom is -0.353 e. The Balaban J connectivity index is 1.39. The van der Waals surface area contributed by atoms with Crippen LogP contribution in [-0.2, 0) is 12.7 Å². The van der Waals surface area contributed by atoms with Gasteiger partial charge in [-0.15, -0.1) is 0 Å². The Morgan fingerprint density at radius 1 is 1.04 bits per heavy atom. The van der Waals surface area contributed by atoms with E-state index in [0.29, 0.717) is 37.5 Å². The monoisotopic (exact) mass is 339 g/mol. The third kappa shape index (κ3) is 2.81. The molecule has 7 nitrogen and oxygen atoms in total. The van der Waals surface area contributed by atoms with E-state index in [4.69, 9.17) is 0 Å². The summed E-state index contributed by atoms with van der Waals surface area (Å²) in [7, 11) is 0. The van der Waals surface area contributed by atoms with E-state index in [1.54, 1.807) is 17.2 Å². The Bertz CT molecular complexity index is 691. The summed E-state index contributed by atoms with van der Waals surface area (Å²) in [5, 5.41) is 8.16. The molecular formula is C14H16F3N7. The van der Waals surface area contributed by atoms with Gasteiger partial charge in [-0.25, -0.2) is 9.97 Å². The van der Waals surface area contributed by atoms with Crippen LogP contribution in [0.3, 0.4) is 0 Å². The van der Waals surface area contributed by atoms with Gasteiger partial charge in [0, 0.05) is 37.8 Å². The van der Waals surface area contributed by atoms with Crippen molar-refractivity contribution in [1.29, 1.82) is 0 Å². The van der Waals surface area contributed by atoms with Crippen molar-refractivity contribution in [3.05, 3.63) is 30.5 Å². The zero-order valence-corrected chi connectivity index (χ0v) is 12.8. The lowest BCUT2D eigenvalue weighted by Crippen LogP contribution is -2.69. The Labute approximate surface area is 136 Å². The van der Waals surface area contributed by atoms with Gasteiger partial charge in [0.1, 0.15) is 17.8 Å². The first-order valence-corrected chi connectivity index (χ1v) is 7.75. The highest BCUT2D eigenvalue weighted by Crippen LogP contribution is 2.35. The van der Waals surface area contributed by atoms with Gasteiger partial charge in [0.05, 0.1) is 18.9 Å². The smallest absolute Gasteiger partial charge is 0.353 e. The summed E-state index contributed by atoms with van der Waals surface area (Å²) < 4.78 is 38.4. The van der Waals surface area contributed by atoms with E-state index in [1.165, 1.54) is 0 Å². The summed E-state index contributed by atoms with van der Waals surface area (Å²) in [5.41, 5.74) is -0.895. The summed E-state index contributed by atoms with van der Waals surface area (Å²) in [6, 6.07) is 1.70. The fraction of sp³-hybridized carbons (Fsp3) is 0.571. The second-order valence-electron chi connectivity index (χ2n) is 6.07. The number of hydrogen-bond donors (Lipinski definition) is 0. The highest BCUT2D eigenvalue weighted by Gasteiger charge is 2.45. The molecule has 0 aromatic carbocycles. The summed E-state index contributed by atoms with van der Waals surface area (Å²) in [5.74, 6) is 0.348. The zero-order chi connectivity index (χ0) is 16.7. The summed E-state index contributed by atoms with van der Waals surface area (Å²) >= 11 is 0. The minimum absolute atomic E-state index is 0.337. The van der Waals surface area contributed by atoms with Crippen LogP contribution < -0.4 is 4.90 Å². The van der Waals surface area contributed by atoms with Gasteiger partial charge >= 0.3 is 6.18 Å². The molecule has 2 aromatic heterocycles. The van der Waals surface area contributed by atoms with Crippen LogP contribution in [0.25, 0.3) is 0 Å². The normalized spacial score (nSPS) is 24.0. The van der Waals surface area contributed by atoms with E-state index in [1.807, 2.05) is 4.90 Å². The molecule has 3 fully saturated rings. The van der Waals surface area contributed by atoms with Crippen molar-refractivity contribution < 1.29 is 13.2 Å². The fourth-order valence-corrected chi connectivity index (χ4v) is 3.48. The molecule has 24 heavy (non-hydrogen) atoms. The first kappa shape index (κ1) is 15.3. The molecule has 2 bridgehead atoms. The van der Waals surface area contributed by atoms with Crippen molar-refractivity contribution in [3.8, 4) is 0 Å². The number of rotatable bonds is 4. The van der Waals surface area contributed by atoms with Gasteiger partial charge in [-0.3, -0.25) is 4.90 Å². The Kier molecular flexibility index (Phi) is 3.63. The number of nitrogens with zero attached hydrogens (tertiary/aromatic N) is 7. The SMILES string of the molecule is FC(F)(F)c1cc(N2CC3CC(C2)N3CCn2nccn2)ncn1. The molecule has 0 radical (unpaired) electrons. The summed E-state index contributed by atoms with van der Waals surface area (Å²) in [6.07, 6.45) is 0.900. The number of piperidine rings is 1. The summed E-state index contributed by atoms with van der Waals surface area (Å²) in [4.78, 5) is 13.3. The molecule has 2 unspecified atom stereocenters. The largest absolute Gasteiger partial charge is 0.433 e. The van der Waals surface area contributed by atoms with Crippen molar-refractivity contribution in [2.24, 2.45) is 0 Å². The average Bonchev–Trinajstić information content (AvgIpc) is 3.08. The first-order chi connectivity index (χ1) is 11.5. The van der Waals surface area contributed by atoms with Gasteiger partial charge in [0.2, 0.25) is 0 Å². The van der Waals surface area contributed by atoms with Crippen LogP contribution in [0, 0.1) is 0 Å². The predicted molar refractivity (Wildman–Crippen MR) is 78.2 cm³/mol. The predicted octanol–water partition coefficient (Wildman–Crippen LogP) is 1.05. The van der Waals surface area contributed by atoms with Crippen molar-refractivity contribution in [2.75, 3.05) is 24.5 Å². The van der Waals surface area contributed by atoms with Gasteiger partial charge in [-0.2, -0.15) is 28.2 Å². The Morgan fingerprint density at radius 3 is 2.42 bits per heavy atom. The van der Waals surface area contributed by atoms with Crippen molar-refractivity contribution in [2.45, 2.75) is 31.2 Å². The number of alkyl halides is 3. The van der Waals surface area contributed by atoms with E-state index in [0.717, 1.165) is 25.4 Å². The van der Waals surface area contributed by atoms with E-state index < -0.39 is 11.9 Å². The molecule has 5 rings (SSSR count). The maximum Gasteiger partial charge on any atom is 0.433 e. The van der Waals surface area contributed by atoms with Gasteiger partial charge < -0.3 is 4.90 Å².